The van der Waals surface area contributed by atoms with Crippen molar-refractivity contribution in [3.05, 3.63) is 59.7 Å². The molecule has 0 radical (unpaired) electrons. The van der Waals surface area contributed by atoms with Gasteiger partial charge in [-0.15, -0.1) is 0 Å². The second-order valence-electron chi connectivity index (χ2n) is 6.18. The molecule has 0 aliphatic carbocycles. The van der Waals surface area contributed by atoms with Gasteiger partial charge in [0.05, 0.1) is 12.2 Å². The Bertz CT molecular complexity index is 794. The highest BCUT2D eigenvalue weighted by Gasteiger charge is 2.10. The van der Waals surface area contributed by atoms with E-state index in [1.54, 1.807) is 55.5 Å². The molecule has 1 N–H and O–H groups in total. The Morgan fingerprint density at radius 1 is 0.926 bits per heavy atom. The first kappa shape index (κ1) is 20.2. The molecule has 2 aromatic rings. The molecule has 0 atom stereocenters. The van der Waals surface area contributed by atoms with E-state index >= 15 is 0 Å². The summed E-state index contributed by atoms with van der Waals surface area (Å²) < 4.78 is 10.4. The van der Waals surface area contributed by atoms with E-state index in [0.717, 1.165) is 0 Å². The summed E-state index contributed by atoms with van der Waals surface area (Å²) in [4.78, 5) is 35.5. The topological polar surface area (TPSA) is 81.7 Å². The first-order valence-electron chi connectivity index (χ1n) is 8.74. The number of carbonyl (C=O) groups is 3. The number of ether oxygens (including phenoxy) is 2. The number of hydrogen-bond acceptors (Lipinski definition) is 5. The van der Waals surface area contributed by atoms with Crippen molar-refractivity contribution < 1.29 is 23.9 Å². The normalized spacial score (nSPS) is 10.4. The molecule has 2 aromatic carbocycles. The zero-order chi connectivity index (χ0) is 19.8. The van der Waals surface area contributed by atoms with E-state index in [9.17, 15) is 14.4 Å². The average molecular weight is 369 g/mol. The molecule has 0 fully saturated rings. The number of benzene rings is 2. The van der Waals surface area contributed by atoms with Crippen LogP contribution in [0.4, 0.5) is 5.69 Å². The molecular formula is C21H23NO5. The van der Waals surface area contributed by atoms with Gasteiger partial charge in [0.2, 0.25) is 5.91 Å². The van der Waals surface area contributed by atoms with Gasteiger partial charge in [0.25, 0.3) is 0 Å². The van der Waals surface area contributed by atoms with Crippen LogP contribution >= 0.6 is 0 Å². The Hall–Kier alpha value is -3.15. The number of amides is 1. The second-order valence-corrected chi connectivity index (χ2v) is 6.18. The molecule has 0 heterocycles. The quantitative estimate of drug-likeness (QED) is 0.566. The molecule has 0 aliphatic heterocycles. The van der Waals surface area contributed by atoms with Gasteiger partial charge >= 0.3 is 5.97 Å². The van der Waals surface area contributed by atoms with Crippen LogP contribution in [0.3, 0.4) is 0 Å². The maximum Gasteiger partial charge on any atom is 0.338 e. The Balaban J connectivity index is 1.90. The number of Topliss-reactive ketones (excluding diaryl/α,β-unsaturated/α-hetero) is 1. The van der Waals surface area contributed by atoms with Crippen LogP contribution < -0.4 is 10.1 Å². The van der Waals surface area contributed by atoms with Gasteiger partial charge < -0.3 is 14.8 Å². The van der Waals surface area contributed by atoms with Gasteiger partial charge in [0.15, 0.2) is 12.4 Å². The van der Waals surface area contributed by atoms with E-state index in [4.69, 9.17) is 9.47 Å². The fourth-order valence-electron chi connectivity index (χ4n) is 2.16. The number of rotatable bonds is 8. The molecule has 142 valence electrons. The van der Waals surface area contributed by atoms with Gasteiger partial charge in [-0.25, -0.2) is 4.79 Å². The van der Waals surface area contributed by atoms with Gasteiger partial charge in [0.1, 0.15) is 5.75 Å². The molecule has 0 unspecified atom stereocenters. The van der Waals surface area contributed by atoms with Crippen molar-refractivity contribution in [3.63, 3.8) is 0 Å². The summed E-state index contributed by atoms with van der Waals surface area (Å²) in [5, 5.41) is 2.77. The van der Waals surface area contributed by atoms with Crippen molar-refractivity contribution in [2.24, 2.45) is 5.92 Å². The molecule has 0 bridgehead atoms. The van der Waals surface area contributed by atoms with Crippen LogP contribution in [0.15, 0.2) is 48.5 Å². The smallest absolute Gasteiger partial charge is 0.338 e. The minimum Gasteiger partial charge on any atom is -0.485 e. The predicted molar refractivity (Wildman–Crippen MR) is 102 cm³/mol. The monoisotopic (exact) mass is 369 g/mol. The van der Waals surface area contributed by atoms with E-state index in [-0.39, 0.29) is 24.2 Å². The van der Waals surface area contributed by atoms with E-state index in [0.29, 0.717) is 29.2 Å². The van der Waals surface area contributed by atoms with Crippen molar-refractivity contribution in [3.8, 4) is 5.75 Å². The number of hydrogen-bond donors (Lipinski definition) is 1. The molecular weight excluding hydrogens is 346 g/mol. The number of ketones is 1. The van der Waals surface area contributed by atoms with Crippen LogP contribution in [0, 0.1) is 5.92 Å². The van der Waals surface area contributed by atoms with Crippen LogP contribution in [0.2, 0.25) is 0 Å². The van der Waals surface area contributed by atoms with Gasteiger partial charge in [-0.3, -0.25) is 9.59 Å². The lowest BCUT2D eigenvalue weighted by atomic mass is 10.1. The number of carbonyl (C=O) groups excluding carboxylic acids is 3. The largest absolute Gasteiger partial charge is 0.485 e. The average Bonchev–Trinajstić information content (AvgIpc) is 2.67. The minimum absolute atomic E-state index is 0.0799. The van der Waals surface area contributed by atoms with Crippen LogP contribution in [0.1, 0.15) is 41.5 Å². The molecule has 0 aliphatic rings. The third-order valence-corrected chi connectivity index (χ3v) is 3.73. The minimum atomic E-state index is -0.398. The molecule has 2 rings (SSSR count). The molecule has 0 spiro atoms. The highest BCUT2D eigenvalue weighted by Crippen LogP contribution is 2.15. The lowest BCUT2D eigenvalue weighted by Gasteiger charge is -2.09. The number of nitrogens with one attached hydrogen (secondary N) is 1. The lowest BCUT2D eigenvalue weighted by Crippen LogP contribution is -2.18. The highest BCUT2D eigenvalue weighted by molar-refractivity contribution is 5.98. The predicted octanol–water partition coefficient (Wildman–Crippen LogP) is 3.72. The molecule has 0 aromatic heterocycles. The summed E-state index contributed by atoms with van der Waals surface area (Å²) >= 11 is 0. The van der Waals surface area contributed by atoms with Crippen molar-refractivity contribution in [1.29, 1.82) is 0 Å². The summed E-state index contributed by atoms with van der Waals surface area (Å²) in [5.41, 5.74) is 1.55. The first-order valence-corrected chi connectivity index (χ1v) is 8.74. The number of esters is 1. The molecule has 0 saturated carbocycles. The standard InChI is InChI=1S/C21H23NO5/c1-4-26-21(25)16-7-11-18(12-8-16)27-13-19(23)15-5-9-17(10-6-15)22-20(24)14(2)3/h5-12,14H,4,13H2,1-3H3,(H,22,24). The lowest BCUT2D eigenvalue weighted by molar-refractivity contribution is -0.118. The zero-order valence-corrected chi connectivity index (χ0v) is 15.7. The Labute approximate surface area is 158 Å². The van der Waals surface area contributed by atoms with Crippen molar-refractivity contribution in [1.82, 2.24) is 0 Å². The van der Waals surface area contributed by atoms with E-state index < -0.39 is 5.97 Å². The third kappa shape index (κ3) is 5.95. The van der Waals surface area contributed by atoms with Crippen LogP contribution in [-0.2, 0) is 9.53 Å². The van der Waals surface area contributed by atoms with Crippen molar-refractivity contribution in [2.45, 2.75) is 20.8 Å². The fourth-order valence-corrected chi connectivity index (χ4v) is 2.16. The highest BCUT2D eigenvalue weighted by atomic mass is 16.5. The molecule has 6 heteroatoms. The van der Waals surface area contributed by atoms with Gasteiger partial charge in [-0.1, -0.05) is 13.8 Å². The van der Waals surface area contributed by atoms with Crippen LogP contribution in [-0.4, -0.2) is 30.9 Å². The van der Waals surface area contributed by atoms with Gasteiger partial charge in [0, 0.05) is 17.2 Å². The van der Waals surface area contributed by atoms with Crippen molar-refractivity contribution >= 4 is 23.3 Å². The molecule has 6 nitrogen and oxygen atoms in total. The summed E-state index contributed by atoms with van der Waals surface area (Å²) in [7, 11) is 0. The Kier molecular flexibility index (Phi) is 7.11. The van der Waals surface area contributed by atoms with E-state index in [1.165, 1.54) is 0 Å². The van der Waals surface area contributed by atoms with E-state index in [2.05, 4.69) is 5.32 Å². The number of anilines is 1. The maximum atomic E-state index is 12.2. The summed E-state index contributed by atoms with van der Waals surface area (Å²) in [5.74, 6) is -0.299. The Morgan fingerprint density at radius 2 is 1.52 bits per heavy atom. The Morgan fingerprint density at radius 3 is 2.07 bits per heavy atom. The van der Waals surface area contributed by atoms with Crippen LogP contribution in [0.25, 0.3) is 0 Å². The SMILES string of the molecule is CCOC(=O)c1ccc(OCC(=O)c2ccc(NC(=O)C(C)C)cc2)cc1. The molecule has 27 heavy (non-hydrogen) atoms. The third-order valence-electron chi connectivity index (χ3n) is 3.73. The van der Waals surface area contributed by atoms with Crippen molar-refractivity contribution in [2.75, 3.05) is 18.5 Å². The summed E-state index contributed by atoms with van der Waals surface area (Å²) in [6.45, 7) is 5.54. The molecule has 1 amide bonds. The maximum absolute atomic E-state index is 12.2. The van der Waals surface area contributed by atoms with E-state index in [1.807, 2.05) is 13.8 Å². The summed E-state index contributed by atoms with van der Waals surface area (Å²) in [6, 6.07) is 13.1. The first-order chi connectivity index (χ1) is 12.9. The second kappa shape index (κ2) is 9.52. The fraction of sp³-hybridized carbons (Fsp3) is 0.286. The van der Waals surface area contributed by atoms with Crippen LogP contribution in [0.5, 0.6) is 5.75 Å². The summed E-state index contributed by atoms with van der Waals surface area (Å²) in [6.07, 6.45) is 0. The van der Waals surface area contributed by atoms with Gasteiger partial charge in [-0.05, 0) is 55.5 Å². The molecule has 0 saturated heterocycles. The van der Waals surface area contributed by atoms with Gasteiger partial charge in [-0.2, -0.15) is 0 Å². The zero-order valence-electron chi connectivity index (χ0n) is 15.7.